The average Bonchev–Trinajstić information content (AvgIpc) is 2.65. The lowest BCUT2D eigenvalue weighted by Crippen LogP contribution is -2.28. The smallest absolute Gasteiger partial charge is 0.307 e. The molecule has 4 nitrogen and oxygen atoms in total. The first-order chi connectivity index (χ1) is 8.70. The summed E-state index contributed by atoms with van der Waals surface area (Å²) in [4.78, 5) is 12.0. The van der Waals surface area contributed by atoms with Crippen LogP contribution in [0.25, 0.3) is 0 Å². The van der Waals surface area contributed by atoms with Crippen molar-refractivity contribution < 1.29 is 30.3 Å². The molecule has 0 spiro atoms. The third-order valence-electron chi connectivity index (χ3n) is 2.75. The normalized spacial score (nSPS) is 20.1. The Morgan fingerprint density at radius 1 is 1.21 bits per heavy atom. The van der Waals surface area contributed by atoms with Crippen molar-refractivity contribution in [2.24, 2.45) is 0 Å². The van der Waals surface area contributed by atoms with Gasteiger partial charge in [0.1, 0.15) is 11.1 Å². The number of carbonyl (C=O) groups excluding carboxylic acids is 1. The quantitative estimate of drug-likeness (QED) is 0.472. The number of halogens is 4. The number of amides is 1. The van der Waals surface area contributed by atoms with Crippen LogP contribution in [0.5, 0.6) is 0 Å². The molecule has 0 aliphatic carbocycles. The number of hydrogen-bond acceptors (Lipinski definition) is 3. The lowest BCUT2D eigenvalue weighted by molar-refractivity contribution is -0.117. The fraction of sp³-hybridized carbons (Fsp3) is 0.300. The summed E-state index contributed by atoms with van der Waals surface area (Å²) in [6, 6.07) is 0.826. The topological polar surface area (TPSA) is 54.5 Å². The Balaban J connectivity index is 2.41. The molecule has 2 rings (SSSR count). The summed E-state index contributed by atoms with van der Waals surface area (Å²) in [5.74, 6) is -5.07. The number of anilines is 1. The van der Waals surface area contributed by atoms with Crippen molar-refractivity contribution in [3.63, 3.8) is 0 Å². The third kappa shape index (κ3) is 2.55. The van der Waals surface area contributed by atoms with Crippen molar-refractivity contribution in [1.29, 1.82) is 0 Å². The van der Waals surface area contributed by atoms with Crippen LogP contribution in [0, 0.1) is 17.5 Å². The molecule has 1 aliphatic heterocycles. The molecule has 0 N–H and O–H groups in total. The van der Waals surface area contributed by atoms with Crippen LogP contribution in [0.2, 0.25) is 0 Å². The molecule has 0 aromatic heterocycles. The Morgan fingerprint density at radius 2 is 1.84 bits per heavy atom. The molecule has 19 heavy (non-hydrogen) atoms. The minimum Gasteiger partial charge on any atom is -0.308 e. The van der Waals surface area contributed by atoms with Gasteiger partial charge in [-0.3, -0.25) is 4.79 Å². The van der Waals surface area contributed by atoms with Gasteiger partial charge in [0.15, 0.2) is 11.6 Å². The van der Waals surface area contributed by atoms with E-state index in [0.29, 0.717) is 11.0 Å². The second-order valence-electron chi connectivity index (χ2n) is 4.03. The van der Waals surface area contributed by atoms with Crippen molar-refractivity contribution in [2.75, 3.05) is 11.4 Å². The first-order valence-electron chi connectivity index (χ1n) is 5.08. The Labute approximate surface area is 105 Å². The highest BCUT2D eigenvalue weighted by Gasteiger charge is 2.40. The van der Waals surface area contributed by atoms with Crippen LogP contribution in [0.15, 0.2) is 12.1 Å². The zero-order valence-electron chi connectivity index (χ0n) is 9.24. The summed E-state index contributed by atoms with van der Waals surface area (Å²) in [6.45, 7) is -0.683. The van der Waals surface area contributed by atoms with Crippen molar-refractivity contribution in [3.8, 4) is 0 Å². The molecule has 0 bridgehead atoms. The highest BCUT2D eigenvalue weighted by Crippen LogP contribution is 2.29. The van der Waals surface area contributed by atoms with E-state index in [-0.39, 0.29) is 6.07 Å². The molecular formula is C10H7F4NO3S. The van der Waals surface area contributed by atoms with E-state index in [9.17, 15) is 30.3 Å². The first kappa shape index (κ1) is 13.8. The van der Waals surface area contributed by atoms with Crippen LogP contribution < -0.4 is 4.90 Å². The summed E-state index contributed by atoms with van der Waals surface area (Å²) in [7, 11) is -4.98. The van der Waals surface area contributed by atoms with Gasteiger partial charge >= 0.3 is 10.2 Å². The van der Waals surface area contributed by atoms with Crippen LogP contribution in [-0.4, -0.2) is 26.1 Å². The van der Waals surface area contributed by atoms with Gasteiger partial charge in [-0.05, 0) is 0 Å². The Bertz CT molecular complexity index is 646. The molecule has 0 radical (unpaired) electrons. The summed E-state index contributed by atoms with van der Waals surface area (Å²) >= 11 is 0. The molecule has 104 valence electrons. The van der Waals surface area contributed by atoms with E-state index in [4.69, 9.17) is 0 Å². The van der Waals surface area contributed by atoms with Gasteiger partial charge in [-0.25, -0.2) is 13.2 Å². The van der Waals surface area contributed by atoms with Gasteiger partial charge in [0.2, 0.25) is 5.91 Å². The summed E-state index contributed by atoms with van der Waals surface area (Å²) in [5.41, 5.74) is -0.742. The molecule has 1 atom stereocenters. The number of hydrogen-bond donors (Lipinski definition) is 0. The molecule has 1 heterocycles. The van der Waals surface area contributed by atoms with Crippen LogP contribution in [0.4, 0.5) is 22.7 Å². The molecule has 1 aliphatic rings. The number of carbonyl (C=O) groups is 1. The third-order valence-corrected chi connectivity index (χ3v) is 3.86. The summed E-state index contributed by atoms with van der Waals surface area (Å²) in [5, 5.41) is -1.66. The number of rotatable bonds is 2. The summed E-state index contributed by atoms with van der Waals surface area (Å²) < 4.78 is 73.6. The fourth-order valence-electron chi connectivity index (χ4n) is 1.84. The van der Waals surface area contributed by atoms with Gasteiger partial charge in [-0.15, -0.1) is 3.89 Å². The highest BCUT2D eigenvalue weighted by atomic mass is 32.3. The van der Waals surface area contributed by atoms with Crippen LogP contribution >= 0.6 is 0 Å². The van der Waals surface area contributed by atoms with Gasteiger partial charge < -0.3 is 4.90 Å². The Morgan fingerprint density at radius 3 is 2.37 bits per heavy atom. The minimum atomic E-state index is -4.98. The van der Waals surface area contributed by atoms with Crippen molar-refractivity contribution in [1.82, 2.24) is 0 Å². The van der Waals surface area contributed by atoms with Gasteiger partial charge in [0.25, 0.3) is 0 Å². The second kappa shape index (κ2) is 4.48. The van der Waals surface area contributed by atoms with E-state index in [0.717, 1.165) is 0 Å². The van der Waals surface area contributed by atoms with E-state index in [2.05, 4.69) is 0 Å². The molecule has 9 heteroatoms. The van der Waals surface area contributed by atoms with Gasteiger partial charge in [0.05, 0.1) is 5.69 Å². The number of benzene rings is 1. The molecule has 1 unspecified atom stereocenters. The van der Waals surface area contributed by atoms with E-state index < -0.39 is 57.5 Å². The maximum absolute atomic E-state index is 13.5. The first-order valence-corrected chi connectivity index (χ1v) is 6.53. The van der Waals surface area contributed by atoms with Gasteiger partial charge in [-0.1, -0.05) is 0 Å². The monoisotopic (exact) mass is 297 g/mol. The Kier molecular flexibility index (Phi) is 3.25. The highest BCUT2D eigenvalue weighted by molar-refractivity contribution is 7.87. The van der Waals surface area contributed by atoms with Crippen LogP contribution in [-0.2, 0) is 15.0 Å². The largest absolute Gasteiger partial charge is 0.308 e. The average molecular weight is 297 g/mol. The predicted octanol–water partition coefficient (Wildman–Crippen LogP) is 1.51. The molecule has 1 amide bonds. The van der Waals surface area contributed by atoms with Gasteiger partial charge in [-0.2, -0.15) is 8.42 Å². The zero-order valence-corrected chi connectivity index (χ0v) is 10.1. The molecule has 1 saturated heterocycles. The lowest BCUT2D eigenvalue weighted by atomic mass is 10.2. The van der Waals surface area contributed by atoms with E-state index in [1.165, 1.54) is 0 Å². The SMILES string of the molecule is O=C1CC(S(=O)(=O)F)CN1c1cc(F)cc(F)c1F. The molecule has 0 saturated carbocycles. The molecule has 1 aromatic carbocycles. The fourth-order valence-corrected chi connectivity index (χ4v) is 2.50. The van der Waals surface area contributed by atoms with Gasteiger partial charge in [0, 0.05) is 25.1 Å². The zero-order chi connectivity index (χ0) is 14.4. The molecular weight excluding hydrogens is 290 g/mol. The maximum atomic E-state index is 13.5. The predicted molar refractivity (Wildman–Crippen MR) is 57.1 cm³/mol. The summed E-state index contributed by atoms with van der Waals surface area (Å²) in [6.07, 6.45) is -0.698. The Hall–Kier alpha value is -1.64. The van der Waals surface area contributed by atoms with E-state index in [1.54, 1.807) is 0 Å². The number of nitrogens with zero attached hydrogens (tertiary/aromatic N) is 1. The maximum Gasteiger partial charge on any atom is 0.307 e. The van der Waals surface area contributed by atoms with Crippen molar-refractivity contribution in [2.45, 2.75) is 11.7 Å². The van der Waals surface area contributed by atoms with Crippen LogP contribution in [0.1, 0.15) is 6.42 Å². The second-order valence-corrected chi connectivity index (χ2v) is 5.64. The van der Waals surface area contributed by atoms with E-state index >= 15 is 0 Å². The lowest BCUT2D eigenvalue weighted by Gasteiger charge is -2.17. The molecule has 1 aromatic rings. The van der Waals surface area contributed by atoms with Crippen molar-refractivity contribution >= 4 is 21.8 Å². The standard InChI is InChI=1S/C10H7F4NO3S/c11-5-1-7(12)10(13)8(2-5)15-4-6(3-9(15)16)19(14,17)18/h1-2,6H,3-4H2. The van der Waals surface area contributed by atoms with Crippen molar-refractivity contribution in [3.05, 3.63) is 29.6 Å². The van der Waals surface area contributed by atoms with Crippen LogP contribution in [0.3, 0.4) is 0 Å². The van der Waals surface area contributed by atoms with E-state index in [1.807, 2.05) is 0 Å². The molecule has 1 fully saturated rings. The minimum absolute atomic E-state index is 0.281.